The number of carboxylic acid groups (broad SMARTS) is 1. The van der Waals surface area contributed by atoms with E-state index in [0.717, 1.165) is 16.1 Å². The number of nitrogens with one attached hydrogen (secondary N) is 1. The first-order valence-corrected chi connectivity index (χ1v) is 9.00. The summed E-state index contributed by atoms with van der Waals surface area (Å²) in [6.07, 6.45) is 0. The Bertz CT molecular complexity index is 886. The Morgan fingerprint density at radius 2 is 2.00 bits per heavy atom. The number of thiazole rings is 1. The molecule has 0 bridgehead atoms. The number of carbonyl (C=O) groups is 2. The molecule has 0 aliphatic heterocycles. The van der Waals surface area contributed by atoms with Crippen LogP contribution in [0.1, 0.15) is 14.5 Å². The monoisotopic (exact) mass is 374 g/mol. The van der Waals surface area contributed by atoms with E-state index in [9.17, 15) is 9.59 Å². The number of carboxylic acids is 1. The van der Waals surface area contributed by atoms with Crippen LogP contribution in [0.15, 0.2) is 41.8 Å². The van der Waals surface area contributed by atoms with Gasteiger partial charge in [-0.25, -0.2) is 9.78 Å². The molecule has 1 aromatic carbocycles. The van der Waals surface area contributed by atoms with Crippen LogP contribution in [0.4, 0.5) is 5.13 Å². The van der Waals surface area contributed by atoms with Crippen molar-refractivity contribution in [3.8, 4) is 17.0 Å². The number of amides is 1. The summed E-state index contributed by atoms with van der Waals surface area (Å²) in [5, 5.41) is 13.8. The molecule has 8 heteroatoms. The number of ether oxygens (including phenoxy) is 1. The summed E-state index contributed by atoms with van der Waals surface area (Å²) in [4.78, 5) is 28.7. The molecular weight excluding hydrogens is 360 g/mol. The molecule has 0 aliphatic rings. The van der Waals surface area contributed by atoms with Gasteiger partial charge in [0.1, 0.15) is 5.75 Å². The average molecular weight is 374 g/mol. The Morgan fingerprint density at radius 3 is 2.64 bits per heavy atom. The number of aromatic nitrogens is 1. The highest BCUT2D eigenvalue weighted by Crippen LogP contribution is 2.31. The lowest BCUT2D eigenvalue weighted by molar-refractivity contribution is -0.139. The van der Waals surface area contributed by atoms with E-state index in [1.165, 1.54) is 22.7 Å². The lowest BCUT2D eigenvalue weighted by atomic mass is 10.1. The SMILES string of the molecule is Cc1sc(NC(=O)c2cccs2)nc1-c1ccc(OCC(=O)O)cc1. The molecule has 128 valence electrons. The van der Waals surface area contributed by atoms with Crippen LogP contribution in [-0.2, 0) is 4.79 Å². The normalized spacial score (nSPS) is 10.4. The Labute approximate surface area is 151 Å². The zero-order chi connectivity index (χ0) is 17.8. The van der Waals surface area contributed by atoms with Gasteiger partial charge >= 0.3 is 5.97 Å². The fourth-order valence-corrected chi connectivity index (χ4v) is 3.59. The van der Waals surface area contributed by atoms with Crippen LogP contribution in [-0.4, -0.2) is 28.6 Å². The third kappa shape index (κ3) is 4.23. The van der Waals surface area contributed by atoms with Gasteiger partial charge in [0, 0.05) is 10.4 Å². The van der Waals surface area contributed by atoms with Crippen molar-refractivity contribution in [1.29, 1.82) is 0 Å². The molecule has 25 heavy (non-hydrogen) atoms. The minimum Gasteiger partial charge on any atom is -0.482 e. The van der Waals surface area contributed by atoms with E-state index in [-0.39, 0.29) is 12.5 Å². The van der Waals surface area contributed by atoms with E-state index < -0.39 is 5.97 Å². The lowest BCUT2D eigenvalue weighted by Crippen LogP contribution is -2.09. The van der Waals surface area contributed by atoms with E-state index in [0.29, 0.717) is 15.8 Å². The molecule has 0 fully saturated rings. The largest absolute Gasteiger partial charge is 0.482 e. The van der Waals surface area contributed by atoms with Crippen LogP contribution < -0.4 is 10.1 Å². The van der Waals surface area contributed by atoms with Gasteiger partial charge in [-0.2, -0.15) is 0 Å². The van der Waals surface area contributed by atoms with Gasteiger partial charge in [0.05, 0.1) is 10.6 Å². The average Bonchev–Trinajstić information content (AvgIpc) is 3.23. The molecule has 0 aliphatic carbocycles. The topological polar surface area (TPSA) is 88.5 Å². The fraction of sp³-hybridized carbons (Fsp3) is 0.118. The van der Waals surface area contributed by atoms with Crippen molar-refractivity contribution in [2.24, 2.45) is 0 Å². The van der Waals surface area contributed by atoms with E-state index in [4.69, 9.17) is 9.84 Å². The Kier molecular flexibility index (Phi) is 5.11. The Hall–Kier alpha value is -2.71. The minimum absolute atomic E-state index is 0.173. The van der Waals surface area contributed by atoms with Crippen LogP contribution in [0.25, 0.3) is 11.3 Å². The zero-order valence-electron chi connectivity index (χ0n) is 13.2. The summed E-state index contributed by atoms with van der Waals surface area (Å²) < 4.78 is 5.11. The lowest BCUT2D eigenvalue weighted by Gasteiger charge is -2.04. The molecule has 6 nitrogen and oxygen atoms in total. The maximum absolute atomic E-state index is 12.1. The van der Waals surface area contributed by atoms with Crippen molar-refractivity contribution < 1.29 is 19.4 Å². The van der Waals surface area contributed by atoms with Crippen LogP contribution in [0.5, 0.6) is 5.75 Å². The zero-order valence-corrected chi connectivity index (χ0v) is 14.8. The highest BCUT2D eigenvalue weighted by molar-refractivity contribution is 7.16. The number of rotatable bonds is 6. The summed E-state index contributed by atoms with van der Waals surface area (Å²) in [6, 6.07) is 10.6. The first-order valence-electron chi connectivity index (χ1n) is 7.30. The van der Waals surface area contributed by atoms with E-state index in [1.807, 2.05) is 30.5 Å². The van der Waals surface area contributed by atoms with E-state index in [2.05, 4.69) is 10.3 Å². The smallest absolute Gasteiger partial charge is 0.341 e. The van der Waals surface area contributed by atoms with Gasteiger partial charge in [0.15, 0.2) is 11.7 Å². The van der Waals surface area contributed by atoms with Crippen molar-refractivity contribution in [3.63, 3.8) is 0 Å². The second-order valence-corrected chi connectivity index (χ2v) is 7.21. The second kappa shape index (κ2) is 7.45. The van der Waals surface area contributed by atoms with E-state index >= 15 is 0 Å². The summed E-state index contributed by atoms with van der Waals surface area (Å²) in [5.41, 5.74) is 1.64. The first-order chi connectivity index (χ1) is 12.0. The van der Waals surface area contributed by atoms with Gasteiger partial charge in [-0.3, -0.25) is 10.1 Å². The number of carbonyl (C=O) groups excluding carboxylic acids is 1. The minimum atomic E-state index is -1.02. The summed E-state index contributed by atoms with van der Waals surface area (Å²) in [5.74, 6) is -0.719. The third-order valence-corrected chi connectivity index (χ3v) is 5.01. The van der Waals surface area contributed by atoms with Gasteiger partial charge in [0.2, 0.25) is 0 Å². The third-order valence-electron chi connectivity index (χ3n) is 3.25. The molecule has 0 saturated heterocycles. The second-order valence-electron chi connectivity index (χ2n) is 5.06. The molecule has 2 aromatic heterocycles. The number of aliphatic carboxylic acids is 1. The number of nitrogens with zero attached hydrogens (tertiary/aromatic N) is 1. The number of anilines is 1. The maximum Gasteiger partial charge on any atom is 0.341 e. The van der Waals surface area contributed by atoms with Gasteiger partial charge in [-0.1, -0.05) is 6.07 Å². The van der Waals surface area contributed by atoms with Crippen molar-refractivity contribution >= 4 is 39.7 Å². The Balaban J connectivity index is 1.73. The van der Waals surface area contributed by atoms with Crippen molar-refractivity contribution in [2.45, 2.75) is 6.92 Å². The van der Waals surface area contributed by atoms with Gasteiger partial charge < -0.3 is 9.84 Å². The molecule has 0 saturated carbocycles. The van der Waals surface area contributed by atoms with Crippen molar-refractivity contribution in [3.05, 3.63) is 51.5 Å². The van der Waals surface area contributed by atoms with E-state index in [1.54, 1.807) is 18.2 Å². The predicted octanol–water partition coefficient (Wildman–Crippen LogP) is 3.90. The molecule has 1 amide bonds. The molecule has 3 aromatic rings. The number of thiophene rings is 1. The summed E-state index contributed by atoms with van der Waals surface area (Å²) in [7, 11) is 0. The molecule has 0 unspecified atom stereocenters. The highest BCUT2D eigenvalue weighted by Gasteiger charge is 2.14. The molecule has 0 spiro atoms. The predicted molar refractivity (Wildman–Crippen MR) is 97.7 cm³/mol. The van der Waals surface area contributed by atoms with Crippen molar-refractivity contribution in [1.82, 2.24) is 4.98 Å². The van der Waals surface area contributed by atoms with Crippen LogP contribution in [0.3, 0.4) is 0 Å². The van der Waals surface area contributed by atoms with Crippen LogP contribution >= 0.6 is 22.7 Å². The number of hydrogen-bond donors (Lipinski definition) is 2. The fourth-order valence-electron chi connectivity index (χ4n) is 2.14. The molecule has 2 N–H and O–H groups in total. The van der Waals surface area contributed by atoms with Gasteiger partial charge in [-0.05, 0) is 42.6 Å². The van der Waals surface area contributed by atoms with Crippen LogP contribution in [0, 0.1) is 6.92 Å². The maximum atomic E-state index is 12.1. The summed E-state index contributed by atoms with van der Waals surface area (Å²) >= 11 is 2.78. The highest BCUT2D eigenvalue weighted by atomic mass is 32.1. The van der Waals surface area contributed by atoms with Gasteiger partial charge in [0.25, 0.3) is 5.91 Å². The molecule has 0 atom stereocenters. The standard InChI is InChI=1S/C17H14N2O4S2/c1-10-15(11-4-6-12(7-5-11)23-9-14(20)21)18-17(25-10)19-16(22)13-3-2-8-24-13/h2-8H,9H2,1H3,(H,20,21)(H,18,19,22). The molecular formula is C17H14N2O4S2. The van der Waals surface area contributed by atoms with Crippen molar-refractivity contribution in [2.75, 3.05) is 11.9 Å². The number of hydrogen-bond acceptors (Lipinski definition) is 6. The van der Waals surface area contributed by atoms with Gasteiger partial charge in [-0.15, -0.1) is 22.7 Å². The number of benzene rings is 1. The quantitative estimate of drug-likeness (QED) is 0.683. The summed E-state index contributed by atoms with van der Waals surface area (Å²) in [6.45, 7) is 1.55. The first kappa shape index (κ1) is 17.1. The Morgan fingerprint density at radius 1 is 1.24 bits per heavy atom. The number of aryl methyl sites for hydroxylation is 1. The molecule has 3 rings (SSSR count). The van der Waals surface area contributed by atoms with Crippen LogP contribution in [0.2, 0.25) is 0 Å². The molecule has 2 heterocycles. The molecule has 0 radical (unpaired) electrons.